The van der Waals surface area contributed by atoms with Crippen LogP contribution in [0.25, 0.3) is 0 Å². The molecule has 0 bridgehead atoms. The standard InChI is InChI=1S/C12H13ClFN3O2S/c13-9-3-4-11(10(14)8-9)20(18,19)17-5-1-2-12-15-6-7-16-12/h3-4,6-8,17H,1-2,5H2,(H,15,16). The third kappa shape index (κ3) is 3.78. The monoisotopic (exact) mass is 317 g/mol. The lowest BCUT2D eigenvalue weighted by Crippen LogP contribution is -2.26. The quantitative estimate of drug-likeness (QED) is 0.801. The number of aromatic nitrogens is 2. The first-order valence-corrected chi connectivity index (χ1v) is 7.78. The molecule has 1 heterocycles. The van der Waals surface area contributed by atoms with Gasteiger partial charge in [0.15, 0.2) is 0 Å². The van der Waals surface area contributed by atoms with Gasteiger partial charge in [-0.2, -0.15) is 0 Å². The van der Waals surface area contributed by atoms with Crippen LogP contribution in [0.5, 0.6) is 0 Å². The Bertz CT molecular complexity index is 674. The molecule has 0 saturated heterocycles. The Kier molecular flexibility index (Phi) is 4.74. The normalized spacial score (nSPS) is 11.7. The molecule has 0 amide bonds. The fourth-order valence-electron chi connectivity index (χ4n) is 1.67. The van der Waals surface area contributed by atoms with Gasteiger partial charge in [-0.1, -0.05) is 11.6 Å². The molecule has 1 aromatic heterocycles. The summed E-state index contributed by atoms with van der Waals surface area (Å²) >= 11 is 5.59. The van der Waals surface area contributed by atoms with E-state index in [0.717, 1.165) is 18.0 Å². The summed E-state index contributed by atoms with van der Waals surface area (Å²) in [6, 6.07) is 3.45. The molecule has 0 unspecified atom stereocenters. The zero-order valence-electron chi connectivity index (χ0n) is 10.4. The molecule has 0 atom stereocenters. The summed E-state index contributed by atoms with van der Waals surface area (Å²) < 4.78 is 39.7. The predicted molar refractivity (Wildman–Crippen MR) is 73.5 cm³/mol. The van der Waals surface area contributed by atoms with Crippen LogP contribution < -0.4 is 4.72 Å². The molecular weight excluding hydrogens is 305 g/mol. The van der Waals surface area contributed by atoms with Gasteiger partial charge in [0.1, 0.15) is 16.5 Å². The van der Waals surface area contributed by atoms with E-state index in [-0.39, 0.29) is 11.6 Å². The molecule has 108 valence electrons. The maximum absolute atomic E-state index is 13.6. The summed E-state index contributed by atoms with van der Waals surface area (Å²) in [5.41, 5.74) is 0. The number of aromatic amines is 1. The highest BCUT2D eigenvalue weighted by atomic mass is 35.5. The lowest BCUT2D eigenvalue weighted by Gasteiger charge is -2.07. The largest absolute Gasteiger partial charge is 0.349 e. The highest BCUT2D eigenvalue weighted by Crippen LogP contribution is 2.18. The molecule has 2 rings (SSSR count). The van der Waals surface area contributed by atoms with Crippen molar-refractivity contribution in [2.24, 2.45) is 0 Å². The van der Waals surface area contributed by atoms with Gasteiger partial charge in [0.05, 0.1) is 0 Å². The zero-order chi connectivity index (χ0) is 14.6. The SMILES string of the molecule is O=S(=O)(NCCCc1ncc[nH]1)c1ccc(Cl)cc1F. The minimum absolute atomic E-state index is 0.152. The molecule has 20 heavy (non-hydrogen) atoms. The van der Waals surface area contributed by atoms with Crippen LogP contribution in [0.2, 0.25) is 5.02 Å². The van der Waals surface area contributed by atoms with Crippen molar-refractivity contribution in [1.82, 2.24) is 14.7 Å². The predicted octanol–water partition coefficient (Wildman–Crippen LogP) is 2.11. The van der Waals surface area contributed by atoms with Crippen molar-refractivity contribution in [2.45, 2.75) is 17.7 Å². The number of H-pyrrole nitrogens is 1. The van der Waals surface area contributed by atoms with E-state index in [4.69, 9.17) is 11.6 Å². The van der Waals surface area contributed by atoms with Crippen LogP contribution >= 0.6 is 11.6 Å². The molecule has 0 saturated carbocycles. The van der Waals surface area contributed by atoms with Crippen molar-refractivity contribution in [2.75, 3.05) is 6.54 Å². The fourth-order valence-corrected chi connectivity index (χ4v) is 2.96. The summed E-state index contributed by atoms with van der Waals surface area (Å²) in [4.78, 5) is 6.54. The second kappa shape index (κ2) is 6.34. The van der Waals surface area contributed by atoms with Crippen molar-refractivity contribution < 1.29 is 12.8 Å². The van der Waals surface area contributed by atoms with Gasteiger partial charge >= 0.3 is 0 Å². The summed E-state index contributed by atoms with van der Waals surface area (Å²) in [5, 5.41) is 0.152. The summed E-state index contributed by atoms with van der Waals surface area (Å²) in [5.74, 6) is -0.0853. The third-order valence-electron chi connectivity index (χ3n) is 2.62. The van der Waals surface area contributed by atoms with Crippen molar-refractivity contribution in [3.8, 4) is 0 Å². The summed E-state index contributed by atoms with van der Waals surface area (Å²) in [6.45, 7) is 0.200. The smallest absolute Gasteiger partial charge is 0.243 e. The van der Waals surface area contributed by atoms with Gasteiger partial charge in [0.2, 0.25) is 10.0 Å². The average molecular weight is 318 g/mol. The number of nitrogens with one attached hydrogen (secondary N) is 2. The summed E-state index contributed by atoms with van der Waals surface area (Å²) in [6.07, 6.45) is 4.49. The Hall–Kier alpha value is -1.44. The van der Waals surface area contributed by atoms with Crippen LogP contribution in [0.3, 0.4) is 0 Å². The van der Waals surface area contributed by atoms with Crippen LogP contribution in [-0.4, -0.2) is 24.9 Å². The molecule has 2 N–H and O–H groups in total. The van der Waals surface area contributed by atoms with Gasteiger partial charge in [0, 0.05) is 30.4 Å². The maximum Gasteiger partial charge on any atom is 0.243 e. The van der Waals surface area contributed by atoms with Crippen molar-refractivity contribution in [1.29, 1.82) is 0 Å². The van der Waals surface area contributed by atoms with E-state index < -0.39 is 20.7 Å². The Labute approximate surface area is 121 Å². The number of nitrogens with zero attached hydrogens (tertiary/aromatic N) is 1. The number of rotatable bonds is 6. The number of sulfonamides is 1. The van der Waals surface area contributed by atoms with E-state index in [2.05, 4.69) is 14.7 Å². The molecule has 5 nitrogen and oxygen atoms in total. The molecule has 0 aliphatic heterocycles. The van der Waals surface area contributed by atoms with Crippen LogP contribution in [0.4, 0.5) is 4.39 Å². The number of imidazole rings is 1. The Balaban J connectivity index is 1.93. The highest BCUT2D eigenvalue weighted by Gasteiger charge is 2.18. The lowest BCUT2D eigenvalue weighted by molar-refractivity contribution is 0.555. The van der Waals surface area contributed by atoms with Gasteiger partial charge in [-0.05, 0) is 24.6 Å². The number of aryl methyl sites for hydroxylation is 1. The molecular formula is C12H13ClFN3O2S. The van der Waals surface area contributed by atoms with Gasteiger partial charge < -0.3 is 4.98 Å². The molecule has 0 spiro atoms. The molecule has 0 radical (unpaired) electrons. The molecule has 0 aliphatic carbocycles. The molecule has 1 aromatic carbocycles. The van der Waals surface area contributed by atoms with Crippen LogP contribution in [-0.2, 0) is 16.4 Å². The second-order valence-corrected chi connectivity index (χ2v) is 6.28. The first-order valence-electron chi connectivity index (χ1n) is 5.92. The maximum atomic E-state index is 13.6. The number of hydrogen-bond acceptors (Lipinski definition) is 3. The lowest BCUT2D eigenvalue weighted by atomic mass is 10.3. The van der Waals surface area contributed by atoms with Crippen molar-refractivity contribution in [3.63, 3.8) is 0 Å². The van der Waals surface area contributed by atoms with Gasteiger partial charge in [-0.3, -0.25) is 0 Å². The zero-order valence-corrected chi connectivity index (χ0v) is 12.0. The molecule has 8 heteroatoms. The van der Waals surface area contributed by atoms with Crippen molar-refractivity contribution >= 4 is 21.6 Å². The van der Waals surface area contributed by atoms with E-state index >= 15 is 0 Å². The van der Waals surface area contributed by atoms with Gasteiger partial charge in [-0.15, -0.1) is 0 Å². The summed E-state index contributed by atoms with van der Waals surface area (Å²) in [7, 11) is -3.86. The minimum Gasteiger partial charge on any atom is -0.349 e. The van der Waals surface area contributed by atoms with E-state index in [1.807, 2.05) is 0 Å². The van der Waals surface area contributed by atoms with Crippen LogP contribution in [0, 0.1) is 5.82 Å². The topological polar surface area (TPSA) is 74.8 Å². The van der Waals surface area contributed by atoms with E-state index in [1.54, 1.807) is 12.4 Å². The highest BCUT2D eigenvalue weighted by molar-refractivity contribution is 7.89. The minimum atomic E-state index is -3.86. The molecule has 2 aromatic rings. The average Bonchev–Trinajstić information content (AvgIpc) is 2.87. The molecule has 0 aliphatic rings. The van der Waals surface area contributed by atoms with E-state index in [0.29, 0.717) is 12.8 Å². The second-order valence-electron chi connectivity index (χ2n) is 4.11. The van der Waals surface area contributed by atoms with Crippen LogP contribution in [0.15, 0.2) is 35.5 Å². The van der Waals surface area contributed by atoms with Gasteiger partial charge in [-0.25, -0.2) is 22.5 Å². The number of benzene rings is 1. The Morgan fingerprint density at radius 2 is 2.20 bits per heavy atom. The van der Waals surface area contributed by atoms with Gasteiger partial charge in [0.25, 0.3) is 0 Å². The van der Waals surface area contributed by atoms with E-state index in [9.17, 15) is 12.8 Å². The number of halogens is 2. The van der Waals surface area contributed by atoms with Crippen LogP contribution in [0.1, 0.15) is 12.2 Å². The Morgan fingerprint density at radius 3 is 2.85 bits per heavy atom. The first-order chi connectivity index (χ1) is 9.49. The first kappa shape index (κ1) is 15.0. The van der Waals surface area contributed by atoms with E-state index in [1.165, 1.54) is 6.07 Å². The fraction of sp³-hybridized carbons (Fsp3) is 0.250. The molecule has 0 fully saturated rings. The third-order valence-corrected chi connectivity index (χ3v) is 4.35. The number of hydrogen-bond donors (Lipinski definition) is 2. The van der Waals surface area contributed by atoms with Crippen molar-refractivity contribution in [3.05, 3.63) is 47.3 Å². The Morgan fingerprint density at radius 1 is 1.40 bits per heavy atom.